The Labute approximate surface area is 93.6 Å². The third kappa shape index (κ3) is 1.95. The maximum atomic E-state index is 6.44. The van der Waals surface area contributed by atoms with Gasteiger partial charge in [0.1, 0.15) is 0 Å². The van der Waals surface area contributed by atoms with Gasteiger partial charge in [-0.2, -0.15) is 0 Å². The Morgan fingerprint density at radius 1 is 1.00 bits per heavy atom. The molecule has 0 spiro atoms. The van der Waals surface area contributed by atoms with Crippen LogP contribution in [-0.2, 0) is 4.74 Å². The fourth-order valence-corrected chi connectivity index (χ4v) is 3.73. The summed E-state index contributed by atoms with van der Waals surface area (Å²) in [4.78, 5) is 0. The molecule has 0 N–H and O–H groups in total. The van der Waals surface area contributed by atoms with E-state index >= 15 is 0 Å². The molecule has 3 aliphatic carbocycles. The zero-order valence-electron chi connectivity index (χ0n) is 10.0. The van der Waals surface area contributed by atoms with E-state index in [-0.39, 0.29) is 0 Å². The molecular weight excluding hydrogens is 184 g/mol. The van der Waals surface area contributed by atoms with Gasteiger partial charge in [-0.15, -0.1) is 0 Å². The van der Waals surface area contributed by atoms with Crippen molar-refractivity contribution >= 4 is 0 Å². The SMILES string of the molecule is CC1CCC(OC23CCCCC2C3)CC1. The first-order valence-corrected chi connectivity index (χ1v) is 6.96. The summed E-state index contributed by atoms with van der Waals surface area (Å²) < 4.78 is 6.44. The van der Waals surface area contributed by atoms with E-state index in [0.29, 0.717) is 11.7 Å². The summed E-state index contributed by atoms with van der Waals surface area (Å²) in [7, 11) is 0. The number of fused-ring (bicyclic) bond motifs is 1. The highest BCUT2D eigenvalue weighted by atomic mass is 16.5. The second kappa shape index (κ2) is 3.76. The number of ether oxygens (including phenoxy) is 1. The van der Waals surface area contributed by atoms with Crippen molar-refractivity contribution in [2.45, 2.75) is 76.4 Å². The predicted octanol–water partition coefficient (Wildman–Crippen LogP) is 3.91. The van der Waals surface area contributed by atoms with Crippen LogP contribution < -0.4 is 0 Å². The highest BCUT2D eigenvalue weighted by molar-refractivity contribution is 5.07. The van der Waals surface area contributed by atoms with Gasteiger partial charge >= 0.3 is 0 Å². The monoisotopic (exact) mass is 208 g/mol. The van der Waals surface area contributed by atoms with Crippen LogP contribution in [0.2, 0.25) is 0 Å². The predicted molar refractivity (Wildman–Crippen MR) is 61.8 cm³/mol. The normalized spacial score (nSPS) is 49.8. The van der Waals surface area contributed by atoms with Crippen LogP contribution in [0.5, 0.6) is 0 Å². The lowest BCUT2D eigenvalue weighted by molar-refractivity contribution is -0.0703. The average molecular weight is 208 g/mol. The number of hydrogen-bond acceptors (Lipinski definition) is 1. The minimum Gasteiger partial charge on any atom is -0.371 e. The zero-order valence-corrected chi connectivity index (χ0v) is 10.0. The Kier molecular flexibility index (Phi) is 2.54. The lowest BCUT2D eigenvalue weighted by Crippen LogP contribution is -2.30. The van der Waals surface area contributed by atoms with Crippen LogP contribution in [0.1, 0.15) is 64.7 Å². The van der Waals surface area contributed by atoms with Gasteiger partial charge in [0.25, 0.3) is 0 Å². The van der Waals surface area contributed by atoms with E-state index in [4.69, 9.17) is 4.74 Å². The van der Waals surface area contributed by atoms with Crippen molar-refractivity contribution in [2.24, 2.45) is 11.8 Å². The second-order valence-electron chi connectivity index (χ2n) is 6.21. The van der Waals surface area contributed by atoms with Crippen LogP contribution in [0.4, 0.5) is 0 Å². The maximum absolute atomic E-state index is 6.44. The average Bonchev–Trinajstić information content (AvgIpc) is 2.95. The highest BCUT2D eigenvalue weighted by Crippen LogP contribution is 2.57. The van der Waals surface area contributed by atoms with Gasteiger partial charge in [0.2, 0.25) is 0 Å². The Balaban J connectivity index is 1.53. The molecule has 3 fully saturated rings. The van der Waals surface area contributed by atoms with Crippen LogP contribution >= 0.6 is 0 Å². The molecule has 15 heavy (non-hydrogen) atoms. The van der Waals surface area contributed by atoms with Crippen LogP contribution in [-0.4, -0.2) is 11.7 Å². The lowest BCUT2D eigenvalue weighted by Gasteiger charge is -2.32. The van der Waals surface area contributed by atoms with E-state index in [2.05, 4.69) is 6.92 Å². The van der Waals surface area contributed by atoms with Gasteiger partial charge < -0.3 is 4.74 Å². The van der Waals surface area contributed by atoms with E-state index in [1.54, 1.807) is 0 Å². The van der Waals surface area contributed by atoms with Crippen LogP contribution in [0.3, 0.4) is 0 Å². The molecular formula is C14H24O. The Morgan fingerprint density at radius 2 is 1.80 bits per heavy atom. The molecule has 0 aromatic carbocycles. The maximum Gasteiger partial charge on any atom is 0.0719 e. The molecule has 2 atom stereocenters. The Hall–Kier alpha value is -0.0400. The molecule has 86 valence electrons. The topological polar surface area (TPSA) is 9.23 Å². The lowest BCUT2D eigenvalue weighted by atomic mass is 9.88. The van der Waals surface area contributed by atoms with Gasteiger partial charge in [0.15, 0.2) is 0 Å². The van der Waals surface area contributed by atoms with Crippen molar-refractivity contribution < 1.29 is 4.74 Å². The van der Waals surface area contributed by atoms with E-state index < -0.39 is 0 Å². The third-order valence-corrected chi connectivity index (χ3v) is 4.94. The molecule has 3 saturated carbocycles. The summed E-state index contributed by atoms with van der Waals surface area (Å²) in [5.41, 5.74) is 0.392. The van der Waals surface area contributed by atoms with Crippen molar-refractivity contribution in [1.82, 2.24) is 0 Å². The van der Waals surface area contributed by atoms with Gasteiger partial charge in [-0.3, -0.25) is 0 Å². The first kappa shape index (κ1) is 10.1. The van der Waals surface area contributed by atoms with E-state index in [9.17, 15) is 0 Å². The summed E-state index contributed by atoms with van der Waals surface area (Å²) >= 11 is 0. The summed E-state index contributed by atoms with van der Waals surface area (Å²) in [6.07, 6.45) is 13.1. The molecule has 3 aliphatic rings. The summed E-state index contributed by atoms with van der Waals surface area (Å²) in [6, 6.07) is 0. The van der Waals surface area contributed by atoms with Crippen molar-refractivity contribution in [1.29, 1.82) is 0 Å². The minimum absolute atomic E-state index is 0.392. The van der Waals surface area contributed by atoms with Crippen LogP contribution in [0, 0.1) is 11.8 Å². The molecule has 0 saturated heterocycles. The minimum atomic E-state index is 0.392. The number of hydrogen-bond donors (Lipinski definition) is 0. The quantitative estimate of drug-likeness (QED) is 0.668. The van der Waals surface area contributed by atoms with Gasteiger partial charge in [-0.25, -0.2) is 0 Å². The Bertz CT molecular complexity index is 229. The molecule has 3 rings (SSSR count). The molecule has 2 unspecified atom stereocenters. The number of rotatable bonds is 2. The molecule has 0 amide bonds. The molecule has 1 nitrogen and oxygen atoms in total. The van der Waals surface area contributed by atoms with Crippen molar-refractivity contribution in [3.63, 3.8) is 0 Å². The van der Waals surface area contributed by atoms with Gasteiger partial charge in [0.05, 0.1) is 11.7 Å². The highest BCUT2D eigenvalue weighted by Gasteiger charge is 2.56. The molecule has 0 bridgehead atoms. The molecule has 0 aromatic rings. The van der Waals surface area contributed by atoms with E-state index in [1.807, 2.05) is 0 Å². The zero-order chi connectivity index (χ0) is 10.3. The molecule has 0 aliphatic heterocycles. The molecule has 0 heterocycles. The summed E-state index contributed by atoms with van der Waals surface area (Å²) in [5, 5.41) is 0. The van der Waals surface area contributed by atoms with Crippen molar-refractivity contribution in [2.75, 3.05) is 0 Å². The smallest absolute Gasteiger partial charge is 0.0719 e. The van der Waals surface area contributed by atoms with E-state index in [0.717, 1.165) is 11.8 Å². The van der Waals surface area contributed by atoms with Gasteiger partial charge in [-0.1, -0.05) is 19.8 Å². The fraction of sp³-hybridized carbons (Fsp3) is 1.00. The largest absolute Gasteiger partial charge is 0.371 e. The fourth-order valence-electron chi connectivity index (χ4n) is 3.73. The Morgan fingerprint density at radius 3 is 2.53 bits per heavy atom. The standard InChI is InChI=1S/C14H24O/c1-11-5-7-13(8-6-11)15-14-9-3-2-4-12(14)10-14/h11-13H,2-10H2,1H3. The van der Waals surface area contributed by atoms with E-state index in [1.165, 1.54) is 57.8 Å². The third-order valence-electron chi connectivity index (χ3n) is 4.94. The molecule has 0 radical (unpaired) electrons. The first-order chi connectivity index (χ1) is 7.28. The summed E-state index contributed by atoms with van der Waals surface area (Å²) in [6.45, 7) is 2.38. The van der Waals surface area contributed by atoms with Crippen LogP contribution in [0.25, 0.3) is 0 Å². The van der Waals surface area contributed by atoms with Crippen molar-refractivity contribution in [3.05, 3.63) is 0 Å². The second-order valence-corrected chi connectivity index (χ2v) is 6.21. The van der Waals surface area contributed by atoms with Crippen LogP contribution in [0.15, 0.2) is 0 Å². The van der Waals surface area contributed by atoms with Gasteiger partial charge in [0, 0.05) is 0 Å². The first-order valence-electron chi connectivity index (χ1n) is 6.96. The molecule has 1 heteroatoms. The summed E-state index contributed by atoms with van der Waals surface area (Å²) in [5.74, 6) is 1.90. The van der Waals surface area contributed by atoms with Gasteiger partial charge in [-0.05, 0) is 56.8 Å². The van der Waals surface area contributed by atoms with Crippen molar-refractivity contribution in [3.8, 4) is 0 Å². The molecule has 0 aromatic heterocycles.